The maximum absolute atomic E-state index is 10.8. The van der Waals surface area contributed by atoms with Crippen LogP contribution in [-0.4, -0.2) is 16.0 Å². The largest absolute Gasteiger partial charge is 0.323 e. The molecule has 0 radical (unpaired) electrons. The Balaban J connectivity index is 1.56. The summed E-state index contributed by atoms with van der Waals surface area (Å²) in [6.45, 7) is 0.784. The molecule has 1 aromatic heterocycles. The van der Waals surface area contributed by atoms with Crippen LogP contribution in [-0.2, 0) is 6.54 Å². The highest BCUT2D eigenvalue weighted by Gasteiger charge is 2.47. The Labute approximate surface area is 82.1 Å². The smallest absolute Gasteiger partial charge is 0.313 e. The number of imidazole rings is 1. The van der Waals surface area contributed by atoms with Crippen molar-refractivity contribution in [2.45, 2.75) is 31.8 Å². The van der Waals surface area contributed by atoms with Gasteiger partial charge < -0.3 is 15.3 Å². The molecule has 0 saturated heterocycles. The highest BCUT2D eigenvalue weighted by Crippen LogP contribution is 2.51. The summed E-state index contributed by atoms with van der Waals surface area (Å²) >= 11 is 0. The van der Waals surface area contributed by atoms with Gasteiger partial charge in [0.2, 0.25) is 0 Å². The van der Waals surface area contributed by atoms with Crippen molar-refractivity contribution in [1.29, 1.82) is 0 Å². The zero-order valence-electron chi connectivity index (χ0n) is 8.05. The van der Waals surface area contributed by atoms with Gasteiger partial charge in [0.15, 0.2) is 0 Å². The summed E-state index contributed by atoms with van der Waals surface area (Å²) in [5.74, 6) is 1.94. The third kappa shape index (κ3) is 1.39. The van der Waals surface area contributed by atoms with Gasteiger partial charge in [0, 0.05) is 24.5 Å². The molecule has 0 amide bonds. The van der Waals surface area contributed by atoms with E-state index >= 15 is 0 Å². The number of hydrogen-bond acceptors (Lipinski definition) is 2. The molecule has 0 spiro atoms. The van der Waals surface area contributed by atoms with Gasteiger partial charge in [-0.3, -0.25) is 0 Å². The molecule has 1 aromatic rings. The van der Waals surface area contributed by atoms with Gasteiger partial charge in [0.1, 0.15) is 0 Å². The summed E-state index contributed by atoms with van der Waals surface area (Å²) in [5.41, 5.74) is 0.844. The number of nitrogens with one attached hydrogen (secondary N) is 3. The van der Waals surface area contributed by atoms with Crippen molar-refractivity contribution in [2.24, 2.45) is 11.8 Å². The van der Waals surface area contributed by atoms with Crippen LogP contribution in [0.25, 0.3) is 0 Å². The molecular weight excluding hydrogens is 178 g/mol. The second-order valence-electron chi connectivity index (χ2n) is 4.49. The summed E-state index contributed by atoms with van der Waals surface area (Å²) in [5, 5.41) is 3.51. The fourth-order valence-corrected chi connectivity index (χ4v) is 2.66. The minimum Gasteiger partial charge on any atom is -0.313 e. The van der Waals surface area contributed by atoms with E-state index in [0.717, 1.165) is 24.1 Å². The first kappa shape index (κ1) is 8.29. The van der Waals surface area contributed by atoms with Crippen LogP contribution in [0.4, 0.5) is 0 Å². The van der Waals surface area contributed by atoms with E-state index in [9.17, 15) is 4.79 Å². The molecule has 0 aromatic carbocycles. The number of H-pyrrole nitrogens is 2. The van der Waals surface area contributed by atoms with Crippen LogP contribution in [0.5, 0.6) is 0 Å². The van der Waals surface area contributed by atoms with E-state index in [1.807, 2.05) is 0 Å². The minimum atomic E-state index is -0.113. The molecule has 2 saturated carbocycles. The first-order chi connectivity index (χ1) is 6.83. The minimum absolute atomic E-state index is 0.113. The van der Waals surface area contributed by atoms with E-state index in [1.54, 1.807) is 6.20 Å². The average molecular weight is 193 g/mol. The van der Waals surface area contributed by atoms with Crippen LogP contribution >= 0.6 is 0 Å². The van der Waals surface area contributed by atoms with Gasteiger partial charge >= 0.3 is 5.69 Å². The lowest BCUT2D eigenvalue weighted by Crippen LogP contribution is -2.28. The van der Waals surface area contributed by atoms with Crippen molar-refractivity contribution in [3.63, 3.8) is 0 Å². The second kappa shape index (κ2) is 2.98. The van der Waals surface area contributed by atoms with Gasteiger partial charge in [-0.05, 0) is 31.1 Å². The topological polar surface area (TPSA) is 60.7 Å². The van der Waals surface area contributed by atoms with Gasteiger partial charge in [0.25, 0.3) is 0 Å². The predicted octanol–water partition coefficient (Wildman–Crippen LogP) is 0.591. The molecule has 2 aliphatic carbocycles. The third-order valence-corrected chi connectivity index (χ3v) is 3.55. The molecule has 4 heteroatoms. The van der Waals surface area contributed by atoms with Crippen LogP contribution in [0, 0.1) is 11.8 Å². The van der Waals surface area contributed by atoms with E-state index in [0.29, 0.717) is 6.04 Å². The molecule has 76 valence electrons. The highest BCUT2D eigenvalue weighted by atomic mass is 16.1. The van der Waals surface area contributed by atoms with Crippen molar-refractivity contribution in [3.8, 4) is 0 Å². The lowest BCUT2D eigenvalue weighted by atomic mass is 10.2. The summed E-state index contributed by atoms with van der Waals surface area (Å²) in [7, 11) is 0. The maximum Gasteiger partial charge on any atom is 0.323 e. The normalized spacial score (nSPS) is 34.4. The van der Waals surface area contributed by atoms with Crippen LogP contribution in [0.3, 0.4) is 0 Å². The quantitative estimate of drug-likeness (QED) is 0.658. The molecule has 3 N–H and O–H groups in total. The number of rotatable bonds is 3. The van der Waals surface area contributed by atoms with Gasteiger partial charge in [0.05, 0.1) is 0 Å². The standard InChI is InChI=1S/C10H15N3O/c14-10-12-5-7(13-10)4-11-9-2-1-6-3-8(6)9/h5-6,8-9,11H,1-4H2,(H2,12,13,14). The van der Waals surface area contributed by atoms with Crippen LogP contribution in [0.2, 0.25) is 0 Å². The van der Waals surface area contributed by atoms with Crippen molar-refractivity contribution >= 4 is 0 Å². The highest BCUT2D eigenvalue weighted by molar-refractivity contribution is 5.03. The molecule has 3 unspecified atom stereocenters. The maximum atomic E-state index is 10.8. The average Bonchev–Trinajstić information content (AvgIpc) is 2.66. The first-order valence-electron chi connectivity index (χ1n) is 5.33. The monoisotopic (exact) mass is 193 g/mol. The Bertz CT molecular complexity index is 381. The fourth-order valence-electron chi connectivity index (χ4n) is 2.66. The van der Waals surface area contributed by atoms with Crippen molar-refractivity contribution in [3.05, 3.63) is 22.4 Å². The SMILES string of the molecule is O=c1[nH]cc(CNC2CCC3CC32)[nH]1. The Morgan fingerprint density at radius 3 is 3.00 bits per heavy atom. The lowest BCUT2D eigenvalue weighted by Gasteiger charge is -2.12. The van der Waals surface area contributed by atoms with Gasteiger partial charge in [-0.15, -0.1) is 0 Å². The fraction of sp³-hybridized carbons (Fsp3) is 0.700. The number of hydrogen-bond donors (Lipinski definition) is 3. The molecular formula is C10H15N3O. The molecule has 3 rings (SSSR count). The van der Waals surface area contributed by atoms with Crippen molar-refractivity contribution in [1.82, 2.24) is 15.3 Å². The second-order valence-corrected chi connectivity index (χ2v) is 4.49. The molecule has 14 heavy (non-hydrogen) atoms. The predicted molar refractivity (Wildman–Crippen MR) is 52.9 cm³/mol. The Hall–Kier alpha value is -1.03. The molecule has 1 heterocycles. The first-order valence-corrected chi connectivity index (χ1v) is 5.33. The summed E-state index contributed by atoms with van der Waals surface area (Å²) < 4.78 is 0. The van der Waals surface area contributed by atoms with E-state index < -0.39 is 0 Å². The third-order valence-electron chi connectivity index (χ3n) is 3.55. The molecule has 2 aliphatic rings. The molecule has 0 bridgehead atoms. The molecule has 0 aliphatic heterocycles. The molecule has 2 fully saturated rings. The lowest BCUT2D eigenvalue weighted by molar-refractivity contribution is 0.471. The van der Waals surface area contributed by atoms with Crippen molar-refractivity contribution < 1.29 is 0 Å². The Morgan fingerprint density at radius 2 is 2.43 bits per heavy atom. The van der Waals surface area contributed by atoms with E-state index in [4.69, 9.17) is 0 Å². The van der Waals surface area contributed by atoms with Gasteiger partial charge in [-0.25, -0.2) is 4.79 Å². The zero-order valence-corrected chi connectivity index (χ0v) is 8.05. The molecule has 3 atom stereocenters. The number of aromatic amines is 2. The van der Waals surface area contributed by atoms with Gasteiger partial charge in [-0.2, -0.15) is 0 Å². The molecule has 4 nitrogen and oxygen atoms in total. The van der Waals surface area contributed by atoms with Crippen LogP contribution < -0.4 is 11.0 Å². The summed E-state index contributed by atoms with van der Waals surface area (Å²) in [6, 6.07) is 0.693. The zero-order chi connectivity index (χ0) is 9.54. The van der Waals surface area contributed by atoms with Crippen molar-refractivity contribution in [2.75, 3.05) is 0 Å². The Kier molecular flexibility index (Phi) is 1.77. The van der Waals surface area contributed by atoms with Crippen LogP contribution in [0.15, 0.2) is 11.0 Å². The van der Waals surface area contributed by atoms with E-state index in [2.05, 4.69) is 15.3 Å². The number of fused-ring (bicyclic) bond motifs is 1. The van der Waals surface area contributed by atoms with E-state index in [-0.39, 0.29) is 5.69 Å². The Morgan fingerprint density at radius 1 is 1.50 bits per heavy atom. The number of aromatic nitrogens is 2. The van der Waals surface area contributed by atoms with E-state index in [1.165, 1.54) is 19.3 Å². The van der Waals surface area contributed by atoms with Crippen LogP contribution in [0.1, 0.15) is 25.0 Å². The summed E-state index contributed by atoms with van der Waals surface area (Å²) in [6.07, 6.45) is 5.87. The van der Waals surface area contributed by atoms with Gasteiger partial charge in [-0.1, -0.05) is 0 Å². The summed E-state index contributed by atoms with van der Waals surface area (Å²) in [4.78, 5) is 16.2.